The van der Waals surface area contributed by atoms with Crippen molar-refractivity contribution in [1.29, 1.82) is 0 Å². The van der Waals surface area contributed by atoms with Gasteiger partial charge >= 0.3 is 0 Å². The molecule has 138 valence electrons. The quantitative estimate of drug-likeness (QED) is 0.206. The highest BCUT2D eigenvalue weighted by molar-refractivity contribution is 14.0. The third kappa shape index (κ3) is 9.67. The number of amides is 1. The number of hydrogen-bond donors (Lipinski definition) is 3. The van der Waals surface area contributed by atoms with Crippen molar-refractivity contribution in [3.05, 3.63) is 16.1 Å². The zero-order chi connectivity index (χ0) is 16.9. The topological polar surface area (TPSA) is 78.4 Å². The molecule has 1 aromatic rings. The summed E-state index contributed by atoms with van der Waals surface area (Å²) in [6.45, 7) is 6.72. The van der Waals surface area contributed by atoms with Crippen LogP contribution < -0.4 is 16.0 Å². The number of aryl methyl sites for hydroxylation is 1. The SMILES string of the molecule is CCNC(=NCCCCSC)NCCNC(=O)c1scnc1C.I. The number of unbranched alkanes of at least 4 members (excludes halogenated alkanes) is 1. The number of guanidine groups is 1. The fourth-order valence-electron chi connectivity index (χ4n) is 1.85. The summed E-state index contributed by atoms with van der Waals surface area (Å²) in [6, 6.07) is 0. The number of carbonyl (C=O) groups is 1. The van der Waals surface area contributed by atoms with E-state index in [-0.39, 0.29) is 29.9 Å². The Labute approximate surface area is 170 Å². The van der Waals surface area contributed by atoms with Gasteiger partial charge in [-0.25, -0.2) is 4.98 Å². The monoisotopic (exact) mass is 485 g/mol. The van der Waals surface area contributed by atoms with Crippen molar-refractivity contribution in [2.45, 2.75) is 26.7 Å². The third-order valence-electron chi connectivity index (χ3n) is 3.03. The maximum Gasteiger partial charge on any atom is 0.263 e. The van der Waals surface area contributed by atoms with Crippen LogP contribution >= 0.6 is 47.1 Å². The molecule has 9 heteroatoms. The number of thioether (sulfide) groups is 1. The summed E-state index contributed by atoms with van der Waals surface area (Å²) in [5, 5.41) is 9.34. The summed E-state index contributed by atoms with van der Waals surface area (Å²) in [6.07, 6.45) is 4.41. The molecule has 24 heavy (non-hydrogen) atoms. The minimum absolute atomic E-state index is 0. The Bertz CT molecular complexity index is 496. The van der Waals surface area contributed by atoms with Crippen LogP contribution in [0, 0.1) is 6.92 Å². The number of nitrogens with zero attached hydrogens (tertiary/aromatic N) is 2. The molecule has 0 aliphatic carbocycles. The first kappa shape index (κ1) is 23.4. The number of aromatic nitrogens is 1. The molecule has 1 rings (SSSR count). The molecule has 0 aliphatic heterocycles. The Hall–Kier alpha value is -0.550. The van der Waals surface area contributed by atoms with E-state index in [1.165, 1.54) is 23.5 Å². The minimum atomic E-state index is -0.0641. The zero-order valence-electron chi connectivity index (χ0n) is 14.6. The second-order valence-electron chi connectivity index (χ2n) is 4.91. The zero-order valence-corrected chi connectivity index (χ0v) is 18.5. The largest absolute Gasteiger partial charge is 0.357 e. The molecular formula is C15H28IN5OS2. The number of halogens is 1. The van der Waals surface area contributed by atoms with Gasteiger partial charge in [-0.05, 0) is 38.7 Å². The van der Waals surface area contributed by atoms with Crippen molar-refractivity contribution in [2.75, 3.05) is 38.2 Å². The average Bonchev–Trinajstić information content (AvgIpc) is 2.97. The number of aliphatic imine (C=N–C) groups is 1. The van der Waals surface area contributed by atoms with Crippen LogP contribution in [0.3, 0.4) is 0 Å². The molecule has 0 spiro atoms. The van der Waals surface area contributed by atoms with Crippen molar-refractivity contribution in [3.63, 3.8) is 0 Å². The average molecular weight is 485 g/mol. The highest BCUT2D eigenvalue weighted by atomic mass is 127. The van der Waals surface area contributed by atoms with Crippen LogP contribution in [0.2, 0.25) is 0 Å². The number of carbonyl (C=O) groups excluding carboxylic acids is 1. The van der Waals surface area contributed by atoms with E-state index in [4.69, 9.17) is 0 Å². The van der Waals surface area contributed by atoms with E-state index in [1.54, 1.807) is 5.51 Å². The Morgan fingerprint density at radius 3 is 2.67 bits per heavy atom. The van der Waals surface area contributed by atoms with E-state index in [0.717, 1.165) is 31.2 Å². The molecule has 0 saturated carbocycles. The van der Waals surface area contributed by atoms with E-state index in [2.05, 4.69) is 32.2 Å². The number of thiazole rings is 1. The summed E-state index contributed by atoms with van der Waals surface area (Å²) in [5.41, 5.74) is 2.47. The predicted molar refractivity (Wildman–Crippen MR) is 116 cm³/mol. The van der Waals surface area contributed by atoms with E-state index >= 15 is 0 Å². The minimum Gasteiger partial charge on any atom is -0.357 e. The van der Waals surface area contributed by atoms with Gasteiger partial charge in [-0.15, -0.1) is 35.3 Å². The van der Waals surface area contributed by atoms with E-state index < -0.39 is 0 Å². The molecule has 0 unspecified atom stereocenters. The van der Waals surface area contributed by atoms with Gasteiger partial charge in [0.2, 0.25) is 0 Å². The van der Waals surface area contributed by atoms with Crippen molar-refractivity contribution < 1.29 is 4.79 Å². The highest BCUT2D eigenvalue weighted by Gasteiger charge is 2.10. The van der Waals surface area contributed by atoms with Gasteiger partial charge in [0.15, 0.2) is 5.96 Å². The second-order valence-corrected chi connectivity index (χ2v) is 6.75. The molecule has 0 atom stereocenters. The first-order chi connectivity index (χ1) is 11.2. The van der Waals surface area contributed by atoms with Gasteiger partial charge in [0.05, 0.1) is 11.2 Å². The molecule has 0 aromatic carbocycles. The standard InChI is InChI=1S/C15H27N5OS2.HI/c1-4-16-15(18-7-5-6-10-22-3)19-9-8-17-14(21)13-12(2)20-11-23-13;/h11H,4-10H2,1-3H3,(H,17,21)(H2,16,18,19);1H. The molecule has 0 radical (unpaired) electrons. The molecule has 6 nitrogen and oxygen atoms in total. The molecule has 1 amide bonds. The Kier molecular flexibility index (Phi) is 14.4. The highest BCUT2D eigenvalue weighted by Crippen LogP contribution is 2.11. The van der Waals surface area contributed by atoms with Gasteiger partial charge in [-0.2, -0.15) is 11.8 Å². The van der Waals surface area contributed by atoms with Crippen LogP contribution in [-0.4, -0.2) is 55.0 Å². The predicted octanol–water partition coefficient (Wildman–Crippen LogP) is 2.50. The van der Waals surface area contributed by atoms with Gasteiger partial charge in [0.25, 0.3) is 5.91 Å². The smallest absolute Gasteiger partial charge is 0.263 e. The van der Waals surface area contributed by atoms with Crippen LogP contribution in [0.15, 0.2) is 10.5 Å². The molecule has 0 bridgehead atoms. The lowest BCUT2D eigenvalue weighted by Crippen LogP contribution is -2.41. The summed E-state index contributed by atoms with van der Waals surface area (Å²) in [5.74, 6) is 1.92. The van der Waals surface area contributed by atoms with Gasteiger partial charge in [-0.1, -0.05) is 0 Å². The molecule has 1 aromatic heterocycles. The second kappa shape index (κ2) is 14.8. The summed E-state index contributed by atoms with van der Waals surface area (Å²) in [4.78, 5) is 21.2. The van der Waals surface area contributed by atoms with Gasteiger partial charge in [-0.3, -0.25) is 9.79 Å². The number of rotatable bonds is 10. The maximum atomic E-state index is 12.0. The molecule has 0 saturated heterocycles. The van der Waals surface area contributed by atoms with Gasteiger partial charge in [0, 0.05) is 26.2 Å². The van der Waals surface area contributed by atoms with E-state index in [0.29, 0.717) is 18.0 Å². The Balaban J connectivity index is 0.00000529. The first-order valence-electron chi connectivity index (χ1n) is 7.88. The molecular weight excluding hydrogens is 457 g/mol. The fourth-order valence-corrected chi connectivity index (χ4v) is 3.06. The molecule has 0 aliphatic rings. The van der Waals surface area contributed by atoms with Crippen LogP contribution in [0.1, 0.15) is 35.1 Å². The summed E-state index contributed by atoms with van der Waals surface area (Å²) in [7, 11) is 0. The maximum absolute atomic E-state index is 12.0. The molecule has 0 fully saturated rings. The van der Waals surface area contributed by atoms with Crippen molar-refractivity contribution in [1.82, 2.24) is 20.9 Å². The summed E-state index contributed by atoms with van der Waals surface area (Å²) >= 11 is 3.23. The fraction of sp³-hybridized carbons (Fsp3) is 0.667. The Morgan fingerprint density at radius 2 is 2.04 bits per heavy atom. The van der Waals surface area contributed by atoms with Crippen LogP contribution in [-0.2, 0) is 0 Å². The van der Waals surface area contributed by atoms with E-state index in [1.807, 2.05) is 25.6 Å². The van der Waals surface area contributed by atoms with Crippen molar-refractivity contribution in [3.8, 4) is 0 Å². The Morgan fingerprint density at radius 1 is 1.29 bits per heavy atom. The van der Waals surface area contributed by atoms with Crippen LogP contribution in [0.4, 0.5) is 0 Å². The van der Waals surface area contributed by atoms with Gasteiger partial charge in [0.1, 0.15) is 4.88 Å². The normalized spacial score (nSPS) is 10.9. The van der Waals surface area contributed by atoms with Crippen molar-refractivity contribution >= 4 is 58.9 Å². The van der Waals surface area contributed by atoms with Crippen LogP contribution in [0.5, 0.6) is 0 Å². The summed E-state index contributed by atoms with van der Waals surface area (Å²) < 4.78 is 0. The molecule has 3 N–H and O–H groups in total. The van der Waals surface area contributed by atoms with Crippen LogP contribution in [0.25, 0.3) is 0 Å². The first-order valence-corrected chi connectivity index (χ1v) is 10.2. The number of nitrogens with one attached hydrogen (secondary N) is 3. The molecule has 1 heterocycles. The van der Waals surface area contributed by atoms with E-state index in [9.17, 15) is 4.79 Å². The van der Waals surface area contributed by atoms with Crippen molar-refractivity contribution in [2.24, 2.45) is 4.99 Å². The third-order valence-corrected chi connectivity index (χ3v) is 4.65. The lowest BCUT2D eigenvalue weighted by Gasteiger charge is -2.11. The lowest BCUT2D eigenvalue weighted by molar-refractivity contribution is 0.0957. The van der Waals surface area contributed by atoms with Gasteiger partial charge < -0.3 is 16.0 Å². The number of hydrogen-bond acceptors (Lipinski definition) is 5. The lowest BCUT2D eigenvalue weighted by atomic mass is 10.3.